The zero-order valence-corrected chi connectivity index (χ0v) is 20.1. The Hall–Kier alpha value is -2.40. The summed E-state index contributed by atoms with van der Waals surface area (Å²) in [6, 6.07) is 8.99. The van der Waals surface area contributed by atoms with Gasteiger partial charge in [0.15, 0.2) is 5.82 Å². The SMILES string of the molecule is Cc1c(Br)cc(-c2n[nH]c(C(=O)N3CCN(c4cccc(C(F)(F)F)c4)CC3)n2)cc1Br. The molecule has 4 rings (SSSR count). The highest BCUT2D eigenvalue weighted by Crippen LogP contribution is 2.32. The second-order valence-corrected chi connectivity index (χ2v) is 9.11. The van der Waals surface area contributed by atoms with Gasteiger partial charge in [0, 0.05) is 46.4 Å². The van der Waals surface area contributed by atoms with Crippen LogP contribution in [0.1, 0.15) is 21.7 Å². The third-order valence-corrected chi connectivity index (χ3v) is 6.98. The van der Waals surface area contributed by atoms with Crippen LogP contribution in [0.4, 0.5) is 18.9 Å². The third-order valence-electron chi connectivity index (χ3n) is 5.33. The first kappa shape index (κ1) is 22.8. The van der Waals surface area contributed by atoms with E-state index in [0.717, 1.165) is 32.2 Å². The van der Waals surface area contributed by atoms with Crippen molar-refractivity contribution in [2.45, 2.75) is 13.1 Å². The molecule has 1 amide bonds. The molecule has 1 saturated heterocycles. The lowest BCUT2D eigenvalue weighted by Crippen LogP contribution is -2.49. The van der Waals surface area contributed by atoms with E-state index in [0.29, 0.717) is 37.7 Å². The van der Waals surface area contributed by atoms with Crippen molar-refractivity contribution in [3.8, 4) is 11.4 Å². The van der Waals surface area contributed by atoms with Crippen molar-refractivity contribution in [2.75, 3.05) is 31.1 Å². The summed E-state index contributed by atoms with van der Waals surface area (Å²) in [7, 11) is 0. The lowest BCUT2D eigenvalue weighted by Gasteiger charge is -2.35. The lowest BCUT2D eigenvalue weighted by molar-refractivity contribution is -0.137. The number of rotatable bonds is 3. The van der Waals surface area contributed by atoms with Gasteiger partial charge in [-0.05, 0) is 42.8 Å². The summed E-state index contributed by atoms with van der Waals surface area (Å²) in [4.78, 5) is 20.7. The number of halogens is 5. The zero-order valence-electron chi connectivity index (χ0n) is 16.9. The molecule has 0 aliphatic carbocycles. The Kier molecular flexibility index (Phi) is 6.30. The molecule has 11 heteroatoms. The van der Waals surface area contributed by atoms with E-state index in [1.165, 1.54) is 6.07 Å². The number of hydrogen-bond donors (Lipinski definition) is 1. The average molecular weight is 573 g/mol. The van der Waals surface area contributed by atoms with E-state index < -0.39 is 11.7 Å². The number of aromatic amines is 1. The number of benzene rings is 2. The number of H-pyrrole nitrogens is 1. The second kappa shape index (κ2) is 8.86. The Morgan fingerprint density at radius 1 is 1.06 bits per heavy atom. The molecule has 0 unspecified atom stereocenters. The van der Waals surface area contributed by atoms with Crippen LogP contribution in [0.3, 0.4) is 0 Å². The summed E-state index contributed by atoms with van der Waals surface area (Å²) in [6.07, 6.45) is -4.39. The van der Waals surface area contributed by atoms with Crippen LogP contribution in [-0.4, -0.2) is 52.2 Å². The highest BCUT2D eigenvalue weighted by molar-refractivity contribution is 9.11. The molecule has 0 radical (unpaired) electrons. The molecule has 0 saturated carbocycles. The fourth-order valence-corrected chi connectivity index (χ4v) is 4.64. The highest BCUT2D eigenvalue weighted by Gasteiger charge is 2.31. The molecule has 0 atom stereocenters. The summed E-state index contributed by atoms with van der Waals surface area (Å²) < 4.78 is 40.7. The normalized spacial score (nSPS) is 14.7. The van der Waals surface area contributed by atoms with Gasteiger partial charge >= 0.3 is 6.18 Å². The first-order valence-electron chi connectivity index (χ1n) is 9.73. The number of nitrogens with one attached hydrogen (secondary N) is 1. The first-order chi connectivity index (χ1) is 15.1. The number of anilines is 1. The van der Waals surface area contributed by atoms with Crippen LogP contribution < -0.4 is 4.90 Å². The first-order valence-corrected chi connectivity index (χ1v) is 11.3. The van der Waals surface area contributed by atoms with Crippen molar-refractivity contribution < 1.29 is 18.0 Å². The van der Waals surface area contributed by atoms with E-state index in [2.05, 4.69) is 47.0 Å². The van der Waals surface area contributed by atoms with Gasteiger partial charge in [-0.2, -0.15) is 18.3 Å². The number of aromatic nitrogens is 3. The number of nitrogens with zero attached hydrogens (tertiary/aromatic N) is 4. The summed E-state index contributed by atoms with van der Waals surface area (Å²) in [5.41, 5.74) is 1.60. The van der Waals surface area contributed by atoms with Crippen molar-refractivity contribution in [3.05, 3.63) is 62.3 Å². The maximum absolute atomic E-state index is 13.0. The molecule has 1 N–H and O–H groups in total. The van der Waals surface area contributed by atoms with Crippen molar-refractivity contribution >= 4 is 43.5 Å². The molecular weight excluding hydrogens is 555 g/mol. The van der Waals surface area contributed by atoms with Crippen LogP contribution in [-0.2, 0) is 6.18 Å². The monoisotopic (exact) mass is 571 g/mol. The fourth-order valence-electron chi connectivity index (χ4n) is 3.46. The number of amides is 1. The van der Waals surface area contributed by atoms with Gasteiger partial charge in [0.2, 0.25) is 5.82 Å². The van der Waals surface area contributed by atoms with Gasteiger partial charge in [-0.3, -0.25) is 9.89 Å². The standard InChI is InChI=1S/C21H18Br2F3N5O/c1-12-16(22)9-13(10-17(12)23)18-27-19(29-28-18)20(32)31-7-5-30(6-8-31)15-4-2-3-14(11-15)21(24,25)26/h2-4,9-11H,5-8H2,1H3,(H,27,28,29). The molecule has 2 heterocycles. The topological polar surface area (TPSA) is 65.1 Å². The Labute approximate surface area is 199 Å². The quantitative estimate of drug-likeness (QED) is 0.463. The maximum Gasteiger partial charge on any atom is 0.416 e. The predicted octanol–water partition coefficient (Wildman–Crippen LogP) is 5.29. The van der Waals surface area contributed by atoms with E-state index in [-0.39, 0.29) is 11.7 Å². The molecule has 0 spiro atoms. The molecule has 1 aromatic heterocycles. The lowest BCUT2D eigenvalue weighted by atomic mass is 10.1. The molecule has 1 aliphatic heterocycles. The van der Waals surface area contributed by atoms with Crippen molar-refractivity contribution in [2.24, 2.45) is 0 Å². The third kappa shape index (κ3) is 4.68. The Balaban J connectivity index is 1.44. The minimum atomic E-state index is -4.39. The largest absolute Gasteiger partial charge is 0.416 e. The molecule has 1 aliphatic rings. The Morgan fingerprint density at radius 3 is 2.34 bits per heavy atom. The zero-order chi connectivity index (χ0) is 23.0. The minimum Gasteiger partial charge on any atom is -0.368 e. The summed E-state index contributed by atoms with van der Waals surface area (Å²) in [5, 5.41) is 6.87. The minimum absolute atomic E-state index is 0.125. The smallest absolute Gasteiger partial charge is 0.368 e. The van der Waals surface area contributed by atoms with Gasteiger partial charge in [-0.15, -0.1) is 0 Å². The number of carbonyl (C=O) groups excluding carboxylic acids is 1. The maximum atomic E-state index is 13.0. The Morgan fingerprint density at radius 2 is 1.72 bits per heavy atom. The van der Waals surface area contributed by atoms with Crippen LogP contribution in [0, 0.1) is 6.92 Å². The van der Waals surface area contributed by atoms with E-state index in [1.54, 1.807) is 11.0 Å². The fraction of sp³-hybridized carbons (Fsp3) is 0.286. The van der Waals surface area contributed by atoms with Crippen LogP contribution in [0.2, 0.25) is 0 Å². The van der Waals surface area contributed by atoms with Gasteiger partial charge in [0.25, 0.3) is 5.91 Å². The molecule has 2 aromatic carbocycles. The van der Waals surface area contributed by atoms with Gasteiger partial charge in [0.05, 0.1) is 5.56 Å². The van der Waals surface area contributed by atoms with Gasteiger partial charge in [0.1, 0.15) is 0 Å². The molecule has 0 bridgehead atoms. The molecule has 32 heavy (non-hydrogen) atoms. The summed E-state index contributed by atoms with van der Waals surface area (Å²) in [5.74, 6) is 0.232. The second-order valence-electron chi connectivity index (χ2n) is 7.40. The van der Waals surface area contributed by atoms with Gasteiger partial charge < -0.3 is 9.80 Å². The van der Waals surface area contributed by atoms with E-state index in [4.69, 9.17) is 0 Å². The Bertz CT molecular complexity index is 1130. The van der Waals surface area contributed by atoms with Crippen molar-refractivity contribution in [3.63, 3.8) is 0 Å². The molecular formula is C21H18Br2F3N5O. The number of piperazine rings is 1. The molecule has 1 fully saturated rings. The summed E-state index contributed by atoms with van der Waals surface area (Å²) >= 11 is 6.99. The number of hydrogen-bond acceptors (Lipinski definition) is 4. The van der Waals surface area contributed by atoms with Crippen molar-refractivity contribution in [1.29, 1.82) is 0 Å². The van der Waals surface area contributed by atoms with E-state index in [1.807, 2.05) is 24.0 Å². The van der Waals surface area contributed by atoms with Crippen LogP contribution in [0.15, 0.2) is 45.3 Å². The predicted molar refractivity (Wildman–Crippen MR) is 122 cm³/mol. The average Bonchev–Trinajstić information content (AvgIpc) is 3.26. The van der Waals surface area contributed by atoms with Gasteiger partial charge in [-0.1, -0.05) is 37.9 Å². The van der Waals surface area contributed by atoms with E-state index >= 15 is 0 Å². The number of alkyl halides is 3. The van der Waals surface area contributed by atoms with Crippen LogP contribution in [0.5, 0.6) is 0 Å². The number of carbonyl (C=O) groups is 1. The van der Waals surface area contributed by atoms with Crippen LogP contribution >= 0.6 is 31.9 Å². The highest BCUT2D eigenvalue weighted by atomic mass is 79.9. The summed E-state index contributed by atoms with van der Waals surface area (Å²) in [6.45, 7) is 3.54. The van der Waals surface area contributed by atoms with Crippen molar-refractivity contribution in [1.82, 2.24) is 20.1 Å². The van der Waals surface area contributed by atoms with Gasteiger partial charge in [-0.25, -0.2) is 4.98 Å². The molecule has 168 valence electrons. The molecule has 3 aromatic rings. The van der Waals surface area contributed by atoms with Crippen LogP contribution in [0.25, 0.3) is 11.4 Å². The molecule has 6 nitrogen and oxygen atoms in total. The van der Waals surface area contributed by atoms with E-state index in [9.17, 15) is 18.0 Å².